The zero-order chi connectivity index (χ0) is 21.6. The molecule has 10 heteroatoms. The molecule has 1 aliphatic rings. The standard InChI is InChI=1S/C19H24O10/c1-10(21)25-9-15-16(24)17(26-11(2)22)18(27-12(3)23)19(29-15)28-14-6-4-13(8-20)5-7-14/h4-7,15-20,24H,8-9H2,1-3H3. The molecular weight excluding hydrogens is 388 g/mol. The SMILES string of the molecule is CC(=O)OCC1OC(Oc2ccc(CO)cc2)C(OC(C)=O)C(OC(C)=O)C1O. The number of carbonyl (C=O) groups excluding carboxylic acids is 3. The number of aliphatic hydroxyl groups excluding tert-OH is 2. The van der Waals surface area contributed by atoms with Gasteiger partial charge in [0.1, 0.15) is 24.6 Å². The second-order valence-corrected chi connectivity index (χ2v) is 6.40. The number of hydrogen-bond donors (Lipinski definition) is 2. The molecule has 2 N–H and O–H groups in total. The molecule has 0 bridgehead atoms. The monoisotopic (exact) mass is 412 g/mol. The molecule has 0 amide bonds. The normalized spacial score (nSPS) is 26.3. The highest BCUT2D eigenvalue weighted by Gasteiger charge is 2.51. The summed E-state index contributed by atoms with van der Waals surface area (Å²) in [6, 6.07) is 6.36. The molecule has 0 aliphatic carbocycles. The molecule has 1 aromatic rings. The zero-order valence-electron chi connectivity index (χ0n) is 16.3. The van der Waals surface area contributed by atoms with Gasteiger partial charge in [-0.25, -0.2) is 0 Å². The number of hydrogen-bond acceptors (Lipinski definition) is 10. The van der Waals surface area contributed by atoms with Crippen molar-refractivity contribution in [2.45, 2.75) is 58.1 Å². The number of ether oxygens (including phenoxy) is 5. The van der Waals surface area contributed by atoms with Crippen LogP contribution in [0, 0.1) is 0 Å². The Morgan fingerprint density at radius 2 is 1.55 bits per heavy atom. The minimum atomic E-state index is -1.45. The molecule has 0 spiro atoms. The lowest BCUT2D eigenvalue weighted by molar-refractivity contribution is -0.285. The Balaban J connectivity index is 2.30. The van der Waals surface area contributed by atoms with Crippen LogP contribution < -0.4 is 4.74 Å². The molecule has 5 atom stereocenters. The maximum Gasteiger partial charge on any atom is 0.303 e. The van der Waals surface area contributed by atoms with Gasteiger partial charge in [0, 0.05) is 20.8 Å². The van der Waals surface area contributed by atoms with Gasteiger partial charge < -0.3 is 33.9 Å². The van der Waals surface area contributed by atoms with Crippen LogP contribution in [0.1, 0.15) is 26.3 Å². The van der Waals surface area contributed by atoms with E-state index in [-0.39, 0.29) is 13.2 Å². The van der Waals surface area contributed by atoms with Gasteiger partial charge in [0.2, 0.25) is 12.4 Å². The molecule has 1 aliphatic heterocycles. The van der Waals surface area contributed by atoms with Gasteiger partial charge in [-0.2, -0.15) is 0 Å². The van der Waals surface area contributed by atoms with E-state index in [1.807, 2.05) is 0 Å². The first kappa shape index (κ1) is 22.6. The lowest BCUT2D eigenvalue weighted by Gasteiger charge is -2.42. The maximum atomic E-state index is 11.6. The number of carbonyl (C=O) groups is 3. The minimum absolute atomic E-state index is 0.151. The fourth-order valence-electron chi connectivity index (χ4n) is 2.77. The molecule has 5 unspecified atom stereocenters. The van der Waals surface area contributed by atoms with E-state index < -0.39 is 48.6 Å². The van der Waals surface area contributed by atoms with Gasteiger partial charge in [-0.05, 0) is 17.7 Å². The van der Waals surface area contributed by atoms with Crippen molar-refractivity contribution in [2.75, 3.05) is 6.61 Å². The van der Waals surface area contributed by atoms with Gasteiger partial charge in [0.15, 0.2) is 6.10 Å². The molecule has 1 saturated heterocycles. The molecule has 1 aromatic carbocycles. The molecule has 1 heterocycles. The second-order valence-electron chi connectivity index (χ2n) is 6.40. The van der Waals surface area contributed by atoms with Gasteiger partial charge in [-0.1, -0.05) is 12.1 Å². The van der Waals surface area contributed by atoms with E-state index in [1.165, 1.54) is 6.92 Å². The second kappa shape index (κ2) is 10.2. The van der Waals surface area contributed by atoms with E-state index >= 15 is 0 Å². The van der Waals surface area contributed by atoms with Crippen LogP contribution in [0.4, 0.5) is 0 Å². The van der Waals surface area contributed by atoms with Gasteiger partial charge >= 0.3 is 17.9 Å². The summed E-state index contributed by atoms with van der Waals surface area (Å²) in [7, 11) is 0. The van der Waals surface area contributed by atoms with Crippen LogP contribution >= 0.6 is 0 Å². The van der Waals surface area contributed by atoms with Gasteiger partial charge in [0.25, 0.3) is 0 Å². The third-order valence-corrected chi connectivity index (χ3v) is 4.03. The number of rotatable bonds is 7. The first-order chi connectivity index (χ1) is 13.7. The van der Waals surface area contributed by atoms with E-state index in [2.05, 4.69) is 0 Å². The van der Waals surface area contributed by atoms with Crippen molar-refractivity contribution >= 4 is 17.9 Å². The fraction of sp³-hybridized carbons (Fsp3) is 0.526. The van der Waals surface area contributed by atoms with Crippen molar-refractivity contribution in [3.63, 3.8) is 0 Å². The zero-order valence-corrected chi connectivity index (χ0v) is 16.3. The van der Waals surface area contributed by atoms with Gasteiger partial charge in [-0.3, -0.25) is 14.4 Å². The Kier molecular flexibility index (Phi) is 7.94. The average molecular weight is 412 g/mol. The molecular formula is C19H24O10. The largest absolute Gasteiger partial charge is 0.463 e. The lowest BCUT2D eigenvalue weighted by Crippen LogP contribution is -2.62. The van der Waals surface area contributed by atoms with Crippen molar-refractivity contribution in [2.24, 2.45) is 0 Å². The molecule has 1 fully saturated rings. The first-order valence-corrected chi connectivity index (χ1v) is 8.89. The smallest absolute Gasteiger partial charge is 0.303 e. The quantitative estimate of drug-likeness (QED) is 0.467. The van der Waals surface area contributed by atoms with Crippen LogP contribution in [0.25, 0.3) is 0 Å². The summed E-state index contributed by atoms with van der Waals surface area (Å²) < 4.78 is 26.7. The fourth-order valence-corrected chi connectivity index (χ4v) is 2.77. The molecule has 0 aromatic heterocycles. The van der Waals surface area contributed by atoms with Crippen LogP contribution in [-0.4, -0.2) is 65.4 Å². The Morgan fingerprint density at radius 3 is 2.07 bits per heavy atom. The van der Waals surface area contributed by atoms with E-state index in [0.29, 0.717) is 11.3 Å². The highest BCUT2D eigenvalue weighted by atomic mass is 16.7. The topological polar surface area (TPSA) is 138 Å². The van der Waals surface area contributed by atoms with Crippen molar-refractivity contribution in [3.05, 3.63) is 29.8 Å². The van der Waals surface area contributed by atoms with Crippen LogP contribution in [0.5, 0.6) is 5.75 Å². The van der Waals surface area contributed by atoms with Crippen LogP contribution in [0.3, 0.4) is 0 Å². The highest BCUT2D eigenvalue weighted by Crippen LogP contribution is 2.29. The molecule has 2 rings (SSSR count). The summed E-state index contributed by atoms with van der Waals surface area (Å²) in [6.45, 7) is 3.00. The molecule has 29 heavy (non-hydrogen) atoms. The van der Waals surface area contributed by atoms with Crippen LogP contribution in [0.15, 0.2) is 24.3 Å². The summed E-state index contributed by atoms with van der Waals surface area (Å²) in [5.74, 6) is -1.70. The van der Waals surface area contributed by atoms with Crippen molar-refractivity contribution in [3.8, 4) is 5.75 Å². The molecule has 0 saturated carbocycles. The van der Waals surface area contributed by atoms with E-state index in [1.54, 1.807) is 24.3 Å². The predicted molar refractivity (Wildman–Crippen MR) is 95.4 cm³/mol. The maximum absolute atomic E-state index is 11.6. The van der Waals surface area contributed by atoms with Crippen LogP contribution in [0.2, 0.25) is 0 Å². The number of benzene rings is 1. The summed E-state index contributed by atoms with van der Waals surface area (Å²) in [6.07, 6.45) is -6.41. The summed E-state index contributed by atoms with van der Waals surface area (Å²) in [5, 5.41) is 19.7. The Hall–Kier alpha value is -2.69. The molecule has 0 radical (unpaired) electrons. The third-order valence-electron chi connectivity index (χ3n) is 4.03. The predicted octanol–water partition coefficient (Wildman–Crippen LogP) is 0.0700. The highest BCUT2D eigenvalue weighted by molar-refractivity contribution is 5.67. The summed E-state index contributed by atoms with van der Waals surface area (Å²) in [4.78, 5) is 34.2. The minimum Gasteiger partial charge on any atom is -0.463 e. The average Bonchev–Trinajstić information content (AvgIpc) is 2.65. The van der Waals surface area contributed by atoms with Crippen molar-refractivity contribution in [1.82, 2.24) is 0 Å². The van der Waals surface area contributed by atoms with E-state index in [4.69, 9.17) is 28.8 Å². The summed E-state index contributed by atoms with van der Waals surface area (Å²) >= 11 is 0. The molecule has 10 nitrogen and oxygen atoms in total. The lowest BCUT2D eigenvalue weighted by atomic mass is 9.98. The van der Waals surface area contributed by atoms with Gasteiger partial charge in [0.05, 0.1) is 6.61 Å². The van der Waals surface area contributed by atoms with Crippen molar-refractivity contribution < 1.29 is 48.3 Å². The third kappa shape index (κ3) is 6.41. The Bertz CT molecular complexity index is 716. The van der Waals surface area contributed by atoms with Gasteiger partial charge in [-0.15, -0.1) is 0 Å². The van der Waals surface area contributed by atoms with E-state index in [0.717, 1.165) is 13.8 Å². The Morgan fingerprint density at radius 1 is 0.966 bits per heavy atom. The Labute approximate surface area is 167 Å². The number of aliphatic hydroxyl groups is 2. The van der Waals surface area contributed by atoms with Crippen molar-refractivity contribution in [1.29, 1.82) is 0 Å². The summed E-state index contributed by atoms with van der Waals surface area (Å²) in [5.41, 5.74) is 0.652. The number of esters is 3. The van der Waals surface area contributed by atoms with E-state index in [9.17, 15) is 19.5 Å². The molecule has 160 valence electrons. The van der Waals surface area contributed by atoms with Crippen LogP contribution in [-0.2, 0) is 39.9 Å². The first-order valence-electron chi connectivity index (χ1n) is 8.89.